The number of aryl methyl sites for hydroxylation is 2. The van der Waals surface area contributed by atoms with Crippen LogP contribution in [-0.4, -0.2) is 13.2 Å². The zero-order valence-corrected chi connectivity index (χ0v) is 31.8. The second kappa shape index (κ2) is 14.5. The van der Waals surface area contributed by atoms with Crippen LogP contribution in [0.1, 0.15) is 54.9 Å². The Morgan fingerprint density at radius 1 is 0.556 bits per heavy atom. The molecule has 3 heteroatoms. The van der Waals surface area contributed by atoms with E-state index in [1.54, 1.807) is 0 Å². The summed E-state index contributed by atoms with van der Waals surface area (Å²) in [6, 6.07) is 53.6. The highest BCUT2D eigenvalue weighted by Crippen LogP contribution is 2.54. The zero-order valence-electron chi connectivity index (χ0n) is 31.8. The highest BCUT2D eigenvalue weighted by molar-refractivity contribution is 5.88. The SMILES string of the molecule is Cc1cccc(N(c2ccccc2)c2ccc3c(c2)C(C)(CCCOCC2CC4C=CC2C4)c2cc(N(c4ccccc4)c4cccc(C)c4)ccc2-3)c1. The number of benzene rings is 6. The number of ether oxygens (including phenoxy) is 1. The number of allylic oxidation sites excluding steroid dienone is 2. The number of rotatable bonds is 12. The standard InChI is InChI=1S/C51H50N2O/c1-36-13-10-19-43(29-36)52(41-15-6-4-7-16-41)45-23-25-47-48-26-24-46(53(42-17-8-5-9-18-42)44-20-11-14-37(2)30-44)34-50(48)51(3,49(47)33-45)27-12-28-54-35-40-32-38-21-22-39(40)31-38/h4-11,13-26,29-30,33-34,38-40H,12,27-28,31-32,35H2,1-3H3. The molecule has 1 fully saturated rings. The van der Waals surface area contributed by atoms with Crippen LogP contribution in [0.25, 0.3) is 11.1 Å². The minimum Gasteiger partial charge on any atom is -0.381 e. The lowest BCUT2D eigenvalue weighted by Gasteiger charge is -2.32. The summed E-state index contributed by atoms with van der Waals surface area (Å²) in [7, 11) is 0. The first-order valence-electron chi connectivity index (χ1n) is 19.8. The van der Waals surface area contributed by atoms with Crippen LogP contribution in [0.15, 0.2) is 158 Å². The fraction of sp³-hybridized carbons (Fsp3) is 0.255. The largest absolute Gasteiger partial charge is 0.381 e. The molecule has 0 N–H and O–H groups in total. The first-order chi connectivity index (χ1) is 26.4. The molecule has 0 aliphatic heterocycles. The highest BCUT2D eigenvalue weighted by atomic mass is 16.5. The molecular weight excluding hydrogens is 657 g/mol. The molecule has 6 aromatic rings. The molecule has 0 radical (unpaired) electrons. The quantitative estimate of drug-likeness (QED) is 0.0931. The summed E-state index contributed by atoms with van der Waals surface area (Å²) in [5, 5.41) is 0. The molecule has 3 nitrogen and oxygen atoms in total. The van der Waals surface area contributed by atoms with E-state index in [4.69, 9.17) is 4.74 Å². The van der Waals surface area contributed by atoms with Crippen LogP contribution in [0.5, 0.6) is 0 Å². The second-order valence-electron chi connectivity index (χ2n) is 16.0. The maximum absolute atomic E-state index is 6.48. The summed E-state index contributed by atoms with van der Waals surface area (Å²) < 4.78 is 6.48. The molecule has 0 saturated heterocycles. The molecule has 2 bridgehead atoms. The van der Waals surface area contributed by atoms with E-state index >= 15 is 0 Å². The van der Waals surface area contributed by atoms with Crippen LogP contribution in [-0.2, 0) is 10.2 Å². The van der Waals surface area contributed by atoms with E-state index < -0.39 is 0 Å². The van der Waals surface area contributed by atoms with E-state index in [2.05, 4.69) is 188 Å². The molecule has 0 amide bonds. The van der Waals surface area contributed by atoms with Gasteiger partial charge in [-0.25, -0.2) is 0 Å². The Bertz CT molecular complexity index is 2150. The van der Waals surface area contributed by atoms with Gasteiger partial charge in [0.1, 0.15) is 0 Å². The minimum atomic E-state index is -0.209. The third-order valence-electron chi connectivity index (χ3n) is 12.3. The van der Waals surface area contributed by atoms with Crippen LogP contribution < -0.4 is 9.80 Å². The molecule has 3 aliphatic rings. The topological polar surface area (TPSA) is 15.7 Å². The van der Waals surface area contributed by atoms with Crippen molar-refractivity contribution < 1.29 is 4.74 Å². The number of hydrogen-bond donors (Lipinski definition) is 0. The van der Waals surface area contributed by atoms with Crippen LogP contribution in [0.2, 0.25) is 0 Å². The summed E-state index contributed by atoms with van der Waals surface area (Å²) in [6.07, 6.45) is 9.49. The zero-order chi connectivity index (χ0) is 36.6. The van der Waals surface area contributed by atoms with Crippen LogP contribution >= 0.6 is 0 Å². The molecule has 3 atom stereocenters. The molecule has 3 aliphatic carbocycles. The Hall–Kier alpha value is -5.38. The molecule has 6 aromatic carbocycles. The van der Waals surface area contributed by atoms with Gasteiger partial charge in [-0.1, -0.05) is 91.9 Å². The number of hydrogen-bond acceptors (Lipinski definition) is 3. The van der Waals surface area contributed by atoms with Gasteiger partial charge in [0.25, 0.3) is 0 Å². The van der Waals surface area contributed by atoms with E-state index in [0.29, 0.717) is 5.92 Å². The molecular formula is C51H50N2O. The van der Waals surface area contributed by atoms with Crippen molar-refractivity contribution in [3.05, 3.63) is 180 Å². The van der Waals surface area contributed by atoms with Crippen LogP contribution in [0, 0.1) is 31.6 Å². The first-order valence-corrected chi connectivity index (χ1v) is 19.8. The third kappa shape index (κ3) is 6.45. The van der Waals surface area contributed by atoms with Crippen LogP contribution in [0.3, 0.4) is 0 Å². The Labute approximate surface area is 321 Å². The van der Waals surface area contributed by atoms with Crippen molar-refractivity contribution in [3.8, 4) is 11.1 Å². The lowest BCUT2D eigenvalue weighted by Crippen LogP contribution is -2.23. The van der Waals surface area contributed by atoms with Crippen molar-refractivity contribution in [2.75, 3.05) is 23.0 Å². The van der Waals surface area contributed by atoms with Gasteiger partial charge in [-0.3, -0.25) is 0 Å². The van der Waals surface area contributed by atoms with Crippen molar-refractivity contribution >= 4 is 34.1 Å². The van der Waals surface area contributed by atoms with Gasteiger partial charge < -0.3 is 14.5 Å². The van der Waals surface area contributed by atoms with Gasteiger partial charge in [0.2, 0.25) is 0 Å². The Kier molecular flexibility index (Phi) is 9.21. The average molecular weight is 707 g/mol. The van der Waals surface area contributed by atoms with E-state index in [0.717, 1.165) is 49.3 Å². The summed E-state index contributed by atoms with van der Waals surface area (Å²) in [6.45, 7) is 8.49. The summed E-state index contributed by atoms with van der Waals surface area (Å²) in [4.78, 5) is 4.81. The van der Waals surface area contributed by atoms with Crippen molar-refractivity contribution in [1.82, 2.24) is 0 Å². The Balaban J connectivity index is 1.11. The van der Waals surface area contributed by atoms with E-state index in [9.17, 15) is 0 Å². The maximum atomic E-state index is 6.48. The molecule has 9 rings (SSSR count). The predicted octanol–water partition coefficient (Wildman–Crippen LogP) is 13.5. The molecule has 0 aromatic heterocycles. The smallest absolute Gasteiger partial charge is 0.0500 e. The minimum absolute atomic E-state index is 0.209. The Morgan fingerprint density at radius 3 is 1.56 bits per heavy atom. The lowest BCUT2D eigenvalue weighted by molar-refractivity contribution is 0.0858. The summed E-state index contributed by atoms with van der Waals surface area (Å²) >= 11 is 0. The van der Waals surface area contributed by atoms with E-state index in [1.165, 1.54) is 69.0 Å². The van der Waals surface area contributed by atoms with E-state index in [1.807, 2.05) is 0 Å². The molecule has 0 heterocycles. The van der Waals surface area contributed by atoms with Crippen LogP contribution in [0.4, 0.5) is 34.1 Å². The van der Waals surface area contributed by atoms with Gasteiger partial charge in [-0.05, 0) is 163 Å². The first kappa shape index (κ1) is 34.4. The average Bonchev–Trinajstić information content (AvgIpc) is 3.89. The summed E-state index contributed by atoms with van der Waals surface area (Å²) in [5.74, 6) is 2.19. The maximum Gasteiger partial charge on any atom is 0.0500 e. The lowest BCUT2D eigenvalue weighted by atomic mass is 9.76. The number of anilines is 6. The van der Waals surface area contributed by atoms with Crippen molar-refractivity contribution in [1.29, 1.82) is 0 Å². The second-order valence-corrected chi connectivity index (χ2v) is 16.0. The van der Waals surface area contributed by atoms with Gasteiger partial charge in [0.05, 0.1) is 0 Å². The van der Waals surface area contributed by atoms with Crippen molar-refractivity contribution in [3.63, 3.8) is 0 Å². The Morgan fingerprint density at radius 2 is 1.07 bits per heavy atom. The third-order valence-corrected chi connectivity index (χ3v) is 12.3. The van der Waals surface area contributed by atoms with Gasteiger partial charge in [-0.2, -0.15) is 0 Å². The molecule has 0 spiro atoms. The predicted molar refractivity (Wildman–Crippen MR) is 226 cm³/mol. The van der Waals surface area contributed by atoms with Crippen molar-refractivity contribution in [2.45, 2.75) is 51.9 Å². The monoisotopic (exact) mass is 706 g/mol. The van der Waals surface area contributed by atoms with Gasteiger partial charge in [0, 0.05) is 52.8 Å². The highest BCUT2D eigenvalue weighted by Gasteiger charge is 2.40. The number of nitrogens with zero attached hydrogens (tertiary/aromatic N) is 2. The fourth-order valence-electron chi connectivity index (χ4n) is 9.57. The summed E-state index contributed by atoms with van der Waals surface area (Å²) in [5.41, 5.74) is 14.7. The van der Waals surface area contributed by atoms with Gasteiger partial charge >= 0.3 is 0 Å². The molecule has 54 heavy (non-hydrogen) atoms. The van der Waals surface area contributed by atoms with E-state index in [-0.39, 0.29) is 5.41 Å². The van der Waals surface area contributed by atoms with Gasteiger partial charge in [-0.15, -0.1) is 0 Å². The molecule has 270 valence electrons. The normalized spacial score (nSPS) is 18.8. The van der Waals surface area contributed by atoms with Gasteiger partial charge in [0.15, 0.2) is 0 Å². The molecule has 3 unspecified atom stereocenters. The fourth-order valence-corrected chi connectivity index (χ4v) is 9.57. The number of fused-ring (bicyclic) bond motifs is 5. The van der Waals surface area contributed by atoms with Crippen molar-refractivity contribution in [2.24, 2.45) is 17.8 Å². The number of para-hydroxylation sites is 2. The molecule has 1 saturated carbocycles.